The van der Waals surface area contributed by atoms with Gasteiger partial charge in [0.15, 0.2) is 0 Å². The number of benzene rings is 2. The number of hydrogen-bond donors (Lipinski definition) is 1. The lowest BCUT2D eigenvalue weighted by Gasteiger charge is -2.13. The molecule has 0 saturated heterocycles. The van der Waals surface area contributed by atoms with Crippen molar-refractivity contribution in [3.8, 4) is 5.75 Å². The van der Waals surface area contributed by atoms with Crippen LogP contribution in [-0.4, -0.2) is 11.7 Å². The van der Waals surface area contributed by atoms with Gasteiger partial charge in [-0.3, -0.25) is 0 Å². The van der Waals surface area contributed by atoms with Crippen LogP contribution >= 0.6 is 0 Å². The zero-order valence-electron chi connectivity index (χ0n) is 10.1. The third-order valence-corrected chi connectivity index (χ3v) is 2.71. The molecular formula is C15H15FO2. The molecule has 2 aromatic rings. The van der Waals surface area contributed by atoms with E-state index in [0.29, 0.717) is 12.2 Å². The van der Waals surface area contributed by atoms with Crippen LogP contribution in [0.15, 0.2) is 48.5 Å². The number of halogens is 1. The summed E-state index contributed by atoms with van der Waals surface area (Å²) in [6.07, 6.45) is -0.957. The van der Waals surface area contributed by atoms with E-state index in [9.17, 15) is 9.50 Å². The fourth-order valence-electron chi connectivity index (χ4n) is 1.79. The average Bonchev–Trinajstić information content (AvgIpc) is 2.40. The van der Waals surface area contributed by atoms with Gasteiger partial charge in [0, 0.05) is 5.56 Å². The fourth-order valence-corrected chi connectivity index (χ4v) is 1.79. The Morgan fingerprint density at radius 3 is 2.39 bits per heavy atom. The molecule has 0 aliphatic carbocycles. The lowest BCUT2D eigenvalue weighted by molar-refractivity contribution is 0.215. The molecule has 1 atom stereocenters. The van der Waals surface area contributed by atoms with Crippen molar-refractivity contribution in [3.05, 3.63) is 65.5 Å². The Hall–Kier alpha value is -1.87. The second kappa shape index (κ2) is 5.65. The summed E-state index contributed by atoms with van der Waals surface area (Å²) < 4.78 is 18.9. The van der Waals surface area contributed by atoms with E-state index in [1.165, 1.54) is 6.07 Å². The van der Waals surface area contributed by atoms with Gasteiger partial charge in [-0.05, 0) is 30.7 Å². The summed E-state index contributed by atoms with van der Waals surface area (Å²) in [5, 5.41) is 10.1. The Morgan fingerprint density at radius 2 is 1.78 bits per heavy atom. The van der Waals surface area contributed by atoms with Crippen LogP contribution < -0.4 is 4.74 Å². The monoisotopic (exact) mass is 246 g/mol. The van der Waals surface area contributed by atoms with Crippen molar-refractivity contribution in [2.75, 3.05) is 6.61 Å². The minimum Gasteiger partial charge on any atom is -0.494 e. The van der Waals surface area contributed by atoms with Gasteiger partial charge in [0.1, 0.15) is 17.7 Å². The van der Waals surface area contributed by atoms with Crippen LogP contribution in [0.1, 0.15) is 24.2 Å². The van der Waals surface area contributed by atoms with E-state index in [1.54, 1.807) is 42.5 Å². The highest BCUT2D eigenvalue weighted by molar-refractivity contribution is 5.34. The quantitative estimate of drug-likeness (QED) is 0.896. The Labute approximate surface area is 106 Å². The predicted octanol–water partition coefficient (Wildman–Crippen LogP) is 3.31. The molecule has 0 saturated carbocycles. The Balaban J connectivity index is 2.23. The summed E-state index contributed by atoms with van der Waals surface area (Å²) in [6.45, 7) is 2.50. The maximum atomic E-state index is 13.5. The van der Waals surface area contributed by atoms with E-state index in [1.807, 2.05) is 6.92 Å². The standard InChI is InChI=1S/C15H15FO2/c1-2-18-12-9-7-11(8-10-12)15(17)13-5-3-4-6-14(13)16/h3-10,15,17H,2H2,1H3/t15-/m1/s1. The maximum absolute atomic E-state index is 13.5. The lowest BCUT2D eigenvalue weighted by Crippen LogP contribution is -2.02. The molecule has 0 aliphatic rings. The molecule has 2 nitrogen and oxygen atoms in total. The molecular weight excluding hydrogens is 231 g/mol. The topological polar surface area (TPSA) is 29.5 Å². The van der Waals surface area contributed by atoms with Crippen LogP contribution in [0.25, 0.3) is 0 Å². The smallest absolute Gasteiger partial charge is 0.129 e. The number of ether oxygens (including phenoxy) is 1. The molecule has 2 rings (SSSR count). The first-order valence-corrected chi connectivity index (χ1v) is 5.87. The third-order valence-electron chi connectivity index (χ3n) is 2.71. The highest BCUT2D eigenvalue weighted by Crippen LogP contribution is 2.25. The Morgan fingerprint density at radius 1 is 1.11 bits per heavy atom. The third kappa shape index (κ3) is 2.68. The minimum absolute atomic E-state index is 0.279. The van der Waals surface area contributed by atoms with Crippen molar-refractivity contribution < 1.29 is 14.2 Å². The van der Waals surface area contributed by atoms with Gasteiger partial charge in [-0.15, -0.1) is 0 Å². The molecule has 0 amide bonds. The molecule has 0 heterocycles. The largest absolute Gasteiger partial charge is 0.494 e. The maximum Gasteiger partial charge on any atom is 0.129 e. The molecule has 0 radical (unpaired) electrons. The number of aliphatic hydroxyl groups excluding tert-OH is 1. The van der Waals surface area contributed by atoms with Gasteiger partial charge in [-0.2, -0.15) is 0 Å². The molecule has 94 valence electrons. The van der Waals surface area contributed by atoms with Crippen LogP contribution in [0, 0.1) is 5.82 Å². The van der Waals surface area contributed by atoms with Crippen molar-refractivity contribution in [1.29, 1.82) is 0 Å². The molecule has 0 fully saturated rings. The van der Waals surface area contributed by atoms with Crippen molar-refractivity contribution in [2.45, 2.75) is 13.0 Å². The highest BCUT2D eigenvalue weighted by atomic mass is 19.1. The van der Waals surface area contributed by atoms with Crippen LogP contribution in [0.4, 0.5) is 4.39 Å². The summed E-state index contributed by atoms with van der Waals surface area (Å²) in [4.78, 5) is 0. The van der Waals surface area contributed by atoms with Gasteiger partial charge in [0.2, 0.25) is 0 Å². The first kappa shape index (κ1) is 12.6. The van der Waals surface area contributed by atoms with E-state index < -0.39 is 11.9 Å². The first-order chi connectivity index (χ1) is 8.72. The summed E-state index contributed by atoms with van der Waals surface area (Å²) in [7, 11) is 0. The molecule has 0 bridgehead atoms. The van der Waals surface area contributed by atoms with Crippen LogP contribution in [-0.2, 0) is 0 Å². The zero-order chi connectivity index (χ0) is 13.0. The van der Waals surface area contributed by atoms with Gasteiger partial charge in [-0.25, -0.2) is 4.39 Å². The van der Waals surface area contributed by atoms with Crippen LogP contribution in [0.3, 0.4) is 0 Å². The summed E-state index contributed by atoms with van der Waals surface area (Å²) >= 11 is 0. The Kier molecular flexibility index (Phi) is 3.95. The molecule has 2 aromatic carbocycles. The molecule has 0 aliphatic heterocycles. The highest BCUT2D eigenvalue weighted by Gasteiger charge is 2.14. The van der Waals surface area contributed by atoms with Crippen molar-refractivity contribution in [2.24, 2.45) is 0 Å². The van der Waals surface area contributed by atoms with Crippen LogP contribution in [0.2, 0.25) is 0 Å². The van der Waals surface area contributed by atoms with E-state index in [2.05, 4.69) is 0 Å². The SMILES string of the molecule is CCOc1ccc([C@@H](O)c2ccccc2F)cc1. The van der Waals surface area contributed by atoms with Crippen LogP contribution in [0.5, 0.6) is 5.75 Å². The van der Waals surface area contributed by atoms with Crippen molar-refractivity contribution in [1.82, 2.24) is 0 Å². The van der Waals surface area contributed by atoms with E-state index in [0.717, 1.165) is 5.75 Å². The minimum atomic E-state index is -0.957. The molecule has 1 N–H and O–H groups in total. The fraction of sp³-hybridized carbons (Fsp3) is 0.200. The first-order valence-electron chi connectivity index (χ1n) is 5.87. The summed E-state index contributed by atoms with van der Waals surface area (Å²) in [5.74, 6) is 0.334. The van der Waals surface area contributed by atoms with E-state index in [-0.39, 0.29) is 5.56 Å². The molecule has 3 heteroatoms. The van der Waals surface area contributed by atoms with Gasteiger partial charge < -0.3 is 9.84 Å². The van der Waals surface area contributed by atoms with Gasteiger partial charge in [-0.1, -0.05) is 30.3 Å². The molecule has 18 heavy (non-hydrogen) atoms. The van der Waals surface area contributed by atoms with E-state index >= 15 is 0 Å². The second-order valence-electron chi connectivity index (χ2n) is 3.93. The van der Waals surface area contributed by atoms with Crippen molar-refractivity contribution >= 4 is 0 Å². The normalized spacial score (nSPS) is 12.2. The molecule has 0 spiro atoms. The lowest BCUT2D eigenvalue weighted by atomic mass is 10.0. The summed E-state index contributed by atoms with van der Waals surface area (Å²) in [6, 6.07) is 13.2. The number of aliphatic hydroxyl groups is 1. The zero-order valence-corrected chi connectivity index (χ0v) is 10.1. The predicted molar refractivity (Wildman–Crippen MR) is 68.1 cm³/mol. The average molecular weight is 246 g/mol. The molecule has 0 aromatic heterocycles. The summed E-state index contributed by atoms with van der Waals surface area (Å²) in [5.41, 5.74) is 0.921. The Bertz CT molecular complexity index is 508. The molecule has 0 unspecified atom stereocenters. The number of rotatable bonds is 4. The number of hydrogen-bond acceptors (Lipinski definition) is 2. The van der Waals surface area contributed by atoms with Gasteiger partial charge in [0.05, 0.1) is 6.61 Å². The van der Waals surface area contributed by atoms with Gasteiger partial charge >= 0.3 is 0 Å². The van der Waals surface area contributed by atoms with Crippen molar-refractivity contribution in [3.63, 3.8) is 0 Å². The van der Waals surface area contributed by atoms with E-state index in [4.69, 9.17) is 4.74 Å². The van der Waals surface area contributed by atoms with Gasteiger partial charge in [0.25, 0.3) is 0 Å². The second-order valence-corrected chi connectivity index (χ2v) is 3.93.